The molecule has 2 amide bonds. The van der Waals surface area contributed by atoms with Gasteiger partial charge in [0, 0.05) is 55.2 Å². The van der Waals surface area contributed by atoms with E-state index in [0.29, 0.717) is 29.7 Å². The first-order chi connectivity index (χ1) is 14.0. The molecule has 0 unspecified atom stereocenters. The maximum absolute atomic E-state index is 12.9. The lowest BCUT2D eigenvalue weighted by molar-refractivity contribution is -0.130. The SMILES string of the molecule is [B]c1nccc2c(C(=O)C(=O)N3CCN(C(=O)c4ccccn4)C[C@@H]3C)c[nH]c12. The number of amides is 2. The second-order valence-electron chi connectivity index (χ2n) is 6.96. The van der Waals surface area contributed by atoms with E-state index in [1.165, 1.54) is 17.3 Å². The lowest BCUT2D eigenvalue weighted by Gasteiger charge is -2.39. The number of aromatic amines is 1. The van der Waals surface area contributed by atoms with Gasteiger partial charge in [-0.25, -0.2) is 0 Å². The number of carbonyl (C=O) groups is 3. The van der Waals surface area contributed by atoms with Crippen LogP contribution >= 0.6 is 0 Å². The molecule has 29 heavy (non-hydrogen) atoms. The number of piperazine rings is 1. The molecule has 1 N–H and O–H groups in total. The van der Waals surface area contributed by atoms with Crippen LogP contribution in [-0.4, -0.2) is 75.9 Å². The highest BCUT2D eigenvalue weighted by molar-refractivity contribution is 6.46. The molecular formula is C20H18BN5O3. The number of nitrogens with zero attached hydrogens (tertiary/aromatic N) is 4. The molecule has 2 radical (unpaired) electrons. The van der Waals surface area contributed by atoms with Crippen LogP contribution in [0.1, 0.15) is 27.8 Å². The van der Waals surface area contributed by atoms with Gasteiger partial charge in [-0.1, -0.05) is 6.07 Å². The zero-order chi connectivity index (χ0) is 20.5. The molecule has 0 aliphatic carbocycles. The van der Waals surface area contributed by atoms with Gasteiger partial charge in [-0.15, -0.1) is 0 Å². The van der Waals surface area contributed by atoms with Crippen LogP contribution < -0.4 is 5.59 Å². The number of aromatic nitrogens is 3. The van der Waals surface area contributed by atoms with Gasteiger partial charge in [-0.05, 0) is 25.1 Å². The highest BCUT2D eigenvalue weighted by Gasteiger charge is 2.34. The fraction of sp³-hybridized carbons (Fsp3) is 0.250. The quantitative estimate of drug-likeness (QED) is 0.396. The first-order valence-corrected chi connectivity index (χ1v) is 9.24. The third-order valence-corrected chi connectivity index (χ3v) is 5.13. The molecule has 3 aromatic rings. The minimum absolute atomic E-state index is 0.185. The average molecular weight is 387 g/mol. The minimum atomic E-state index is -0.613. The Morgan fingerprint density at radius 3 is 2.69 bits per heavy atom. The van der Waals surface area contributed by atoms with Crippen molar-refractivity contribution in [2.24, 2.45) is 0 Å². The Bertz CT molecular complexity index is 1100. The van der Waals surface area contributed by atoms with E-state index < -0.39 is 11.7 Å². The number of hydrogen-bond acceptors (Lipinski definition) is 5. The zero-order valence-electron chi connectivity index (χ0n) is 15.8. The van der Waals surface area contributed by atoms with Crippen LogP contribution in [0.4, 0.5) is 0 Å². The van der Waals surface area contributed by atoms with Crippen molar-refractivity contribution in [3.63, 3.8) is 0 Å². The summed E-state index contributed by atoms with van der Waals surface area (Å²) in [5.41, 5.74) is 1.42. The molecular weight excluding hydrogens is 369 g/mol. The summed E-state index contributed by atoms with van der Waals surface area (Å²) in [7, 11) is 5.81. The molecule has 4 rings (SSSR count). The fourth-order valence-corrected chi connectivity index (χ4v) is 3.60. The fourth-order valence-electron chi connectivity index (χ4n) is 3.60. The van der Waals surface area contributed by atoms with Gasteiger partial charge in [0.25, 0.3) is 17.6 Å². The summed E-state index contributed by atoms with van der Waals surface area (Å²) in [6.45, 7) is 2.76. The van der Waals surface area contributed by atoms with Gasteiger partial charge in [0.1, 0.15) is 13.5 Å². The van der Waals surface area contributed by atoms with Gasteiger partial charge in [0.15, 0.2) is 0 Å². The molecule has 8 nitrogen and oxygen atoms in total. The molecule has 144 valence electrons. The van der Waals surface area contributed by atoms with Crippen molar-refractivity contribution in [2.75, 3.05) is 19.6 Å². The van der Waals surface area contributed by atoms with Crippen molar-refractivity contribution >= 4 is 41.9 Å². The smallest absolute Gasteiger partial charge is 0.295 e. The first-order valence-electron chi connectivity index (χ1n) is 9.24. The molecule has 1 aliphatic heterocycles. The Labute approximate surface area is 168 Å². The zero-order valence-corrected chi connectivity index (χ0v) is 15.8. The van der Waals surface area contributed by atoms with Crippen molar-refractivity contribution in [1.82, 2.24) is 24.8 Å². The summed E-state index contributed by atoms with van der Waals surface area (Å²) < 4.78 is 0. The van der Waals surface area contributed by atoms with E-state index >= 15 is 0 Å². The van der Waals surface area contributed by atoms with Gasteiger partial charge in [-0.3, -0.25) is 24.4 Å². The van der Waals surface area contributed by atoms with E-state index in [4.69, 9.17) is 7.85 Å². The lowest BCUT2D eigenvalue weighted by Crippen LogP contribution is -2.56. The van der Waals surface area contributed by atoms with E-state index in [2.05, 4.69) is 15.0 Å². The highest BCUT2D eigenvalue weighted by atomic mass is 16.2. The summed E-state index contributed by atoms with van der Waals surface area (Å²) in [6, 6.07) is 6.51. The number of Topliss-reactive ketones (excluding diaryl/α,β-unsaturated/α-hetero) is 1. The van der Waals surface area contributed by atoms with E-state index in [1.54, 1.807) is 35.4 Å². The molecule has 0 saturated carbocycles. The summed E-state index contributed by atoms with van der Waals surface area (Å²) in [4.78, 5) is 52.5. The molecule has 4 heterocycles. The van der Waals surface area contributed by atoms with Crippen molar-refractivity contribution in [3.05, 3.63) is 54.1 Å². The molecule has 1 fully saturated rings. The number of pyridine rings is 2. The first kappa shape index (κ1) is 18.9. The second-order valence-corrected chi connectivity index (χ2v) is 6.96. The van der Waals surface area contributed by atoms with Crippen LogP contribution in [0.5, 0.6) is 0 Å². The number of carbonyl (C=O) groups excluding carboxylic acids is 3. The molecule has 1 aliphatic rings. The molecule has 3 aromatic heterocycles. The van der Waals surface area contributed by atoms with Crippen LogP contribution in [0.3, 0.4) is 0 Å². The predicted octanol–water partition coefficient (Wildman–Crippen LogP) is 0.307. The number of ketones is 1. The van der Waals surface area contributed by atoms with Crippen molar-refractivity contribution in [2.45, 2.75) is 13.0 Å². The second kappa shape index (κ2) is 7.50. The molecule has 1 atom stereocenters. The number of rotatable bonds is 3. The number of H-pyrrole nitrogens is 1. The van der Waals surface area contributed by atoms with Crippen molar-refractivity contribution < 1.29 is 14.4 Å². The Hall–Kier alpha value is -3.49. The Morgan fingerprint density at radius 1 is 1.14 bits per heavy atom. The highest BCUT2D eigenvalue weighted by Crippen LogP contribution is 2.19. The van der Waals surface area contributed by atoms with Gasteiger partial charge in [0.2, 0.25) is 0 Å². The lowest BCUT2D eigenvalue weighted by atomic mass is 9.99. The van der Waals surface area contributed by atoms with E-state index in [9.17, 15) is 14.4 Å². The van der Waals surface area contributed by atoms with Crippen LogP contribution in [0.2, 0.25) is 0 Å². The number of fused-ring (bicyclic) bond motifs is 1. The van der Waals surface area contributed by atoms with Gasteiger partial charge < -0.3 is 14.8 Å². The molecule has 0 spiro atoms. The third-order valence-electron chi connectivity index (χ3n) is 5.13. The monoisotopic (exact) mass is 387 g/mol. The summed E-state index contributed by atoms with van der Waals surface area (Å²) >= 11 is 0. The number of nitrogens with one attached hydrogen (secondary N) is 1. The van der Waals surface area contributed by atoms with Gasteiger partial charge in [-0.2, -0.15) is 0 Å². The largest absolute Gasteiger partial charge is 0.360 e. The maximum Gasteiger partial charge on any atom is 0.295 e. The van der Waals surface area contributed by atoms with Crippen LogP contribution in [0.15, 0.2) is 42.9 Å². The van der Waals surface area contributed by atoms with Crippen LogP contribution in [0.25, 0.3) is 10.9 Å². The van der Waals surface area contributed by atoms with E-state index in [-0.39, 0.29) is 29.7 Å². The third kappa shape index (κ3) is 3.39. The standard InChI is InChI=1S/C20H18BN5O3/c1-12-11-25(19(28)15-4-2-3-6-22-15)8-9-26(12)20(29)17(27)14-10-24-16-13(14)5-7-23-18(16)21/h2-7,10,12,24H,8-9,11H2,1H3/t12-/m0/s1. The average Bonchev–Trinajstić information content (AvgIpc) is 3.18. The normalized spacial score (nSPS) is 16.8. The summed E-state index contributed by atoms with van der Waals surface area (Å²) in [5, 5.41) is 0.562. The van der Waals surface area contributed by atoms with Crippen LogP contribution in [-0.2, 0) is 4.79 Å². The van der Waals surface area contributed by atoms with Crippen molar-refractivity contribution in [1.29, 1.82) is 0 Å². The summed E-state index contributed by atoms with van der Waals surface area (Å²) in [5.74, 6) is -1.40. The number of hydrogen-bond donors (Lipinski definition) is 1. The predicted molar refractivity (Wildman–Crippen MR) is 107 cm³/mol. The van der Waals surface area contributed by atoms with E-state index in [0.717, 1.165) is 0 Å². The van der Waals surface area contributed by atoms with Gasteiger partial charge >= 0.3 is 0 Å². The van der Waals surface area contributed by atoms with Crippen LogP contribution in [0, 0.1) is 0 Å². The Balaban J connectivity index is 1.49. The summed E-state index contributed by atoms with van der Waals surface area (Å²) in [6.07, 6.45) is 4.55. The van der Waals surface area contributed by atoms with Crippen molar-refractivity contribution in [3.8, 4) is 0 Å². The maximum atomic E-state index is 12.9. The van der Waals surface area contributed by atoms with Gasteiger partial charge in [0.05, 0.1) is 11.1 Å². The molecule has 1 saturated heterocycles. The Kier molecular flexibility index (Phi) is 4.88. The Morgan fingerprint density at radius 2 is 1.97 bits per heavy atom. The molecule has 0 aromatic carbocycles. The van der Waals surface area contributed by atoms with E-state index in [1.807, 2.05) is 6.92 Å². The molecule has 0 bridgehead atoms. The topological polar surface area (TPSA) is 99.3 Å². The molecule has 9 heteroatoms. The minimum Gasteiger partial charge on any atom is -0.360 e.